The largest absolute Gasteiger partial charge is 0.309 e. The molecule has 7 aromatic carbocycles. The van der Waals surface area contributed by atoms with E-state index in [1.54, 1.807) is 0 Å². The van der Waals surface area contributed by atoms with E-state index < -0.39 is 0 Å². The van der Waals surface area contributed by atoms with Crippen molar-refractivity contribution in [3.8, 4) is 39.5 Å². The van der Waals surface area contributed by atoms with Crippen LogP contribution in [0.3, 0.4) is 0 Å². The second kappa shape index (κ2) is 11.1. The van der Waals surface area contributed by atoms with Gasteiger partial charge in [-0.3, -0.25) is 0 Å². The molecule has 0 atom stereocenters. The zero-order chi connectivity index (χ0) is 32.3. The van der Waals surface area contributed by atoms with Crippen LogP contribution in [0.1, 0.15) is 17.5 Å². The molecule has 0 fully saturated rings. The maximum atomic E-state index is 5.21. The number of hydrogen-bond donors (Lipinski definition) is 0. The molecule has 0 saturated carbocycles. The Morgan fingerprint density at radius 1 is 0.510 bits per heavy atom. The highest BCUT2D eigenvalue weighted by Gasteiger charge is 2.18. The van der Waals surface area contributed by atoms with Gasteiger partial charge in [-0.05, 0) is 88.3 Å². The van der Waals surface area contributed by atoms with Gasteiger partial charge in [0.1, 0.15) is 0 Å². The first kappa shape index (κ1) is 27.8. The first-order chi connectivity index (χ1) is 24.3. The number of fused-ring (bicyclic) bond motifs is 7. The molecule has 0 saturated heterocycles. The number of nitrogens with zero attached hydrogens (tertiary/aromatic N) is 3. The third kappa shape index (κ3) is 4.51. The highest BCUT2D eigenvalue weighted by Crippen LogP contribution is 2.38. The van der Waals surface area contributed by atoms with Crippen molar-refractivity contribution < 1.29 is 0 Å². The summed E-state index contributed by atoms with van der Waals surface area (Å²) in [7, 11) is 0. The van der Waals surface area contributed by atoms with E-state index in [0.717, 1.165) is 52.1 Å². The molecule has 2 aromatic heterocycles. The normalized spacial score (nSPS) is 12.7. The van der Waals surface area contributed by atoms with Crippen molar-refractivity contribution in [1.29, 1.82) is 0 Å². The Hall–Kier alpha value is -6.32. The predicted molar refractivity (Wildman–Crippen MR) is 205 cm³/mol. The van der Waals surface area contributed by atoms with Crippen molar-refractivity contribution in [2.24, 2.45) is 0 Å². The predicted octanol–water partition coefficient (Wildman–Crippen LogP) is 11.8. The fourth-order valence-corrected chi connectivity index (χ4v) is 7.76. The van der Waals surface area contributed by atoms with Crippen LogP contribution in [0.4, 0.5) is 0 Å². The highest BCUT2D eigenvalue weighted by molar-refractivity contribution is 6.12. The summed E-state index contributed by atoms with van der Waals surface area (Å²) in [6.45, 7) is 0. The fourth-order valence-electron chi connectivity index (χ4n) is 7.76. The zero-order valence-electron chi connectivity index (χ0n) is 26.8. The maximum Gasteiger partial charge on any atom is 0.160 e. The molecule has 10 rings (SSSR count). The zero-order valence-corrected chi connectivity index (χ0v) is 26.8. The minimum Gasteiger partial charge on any atom is -0.309 e. The van der Waals surface area contributed by atoms with Gasteiger partial charge in [-0.2, -0.15) is 0 Å². The van der Waals surface area contributed by atoms with Gasteiger partial charge < -0.3 is 4.57 Å². The van der Waals surface area contributed by atoms with Gasteiger partial charge in [0.2, 0.25) is 0 Å². The second-order valence-corrected chi connectivity index (χ2v) is 12.9. The monoisotopic (exact) mass is 625 g/mol. The minimum atomic E-state index is 0.724. The van der Waals surface area contributed by atoms with E-state index in [0.29, 0.717) is 0 Å². The van der Waals surface area contributed by atoms with Crippen molar-refractivity contribution in [3.63, 3.8) is 0 Å². The van der Waals surface area contributed by atoms with E-state index in [-0.39, 0.29) is 0 Å². The highest BCUT2D eigenvalue weighted by atomic mass is 15.0. The van der Waals surface area contributed by atoms with Gasteiger partial charge in [-0.1, -0.05) is 121 Å². The van der Waals surface area contributed by atoms with E-state index in [4.69, 9.17) is 9.97 Å². The lowest BCUT2D eigenvalue weighted by Crippen LogP contribution is -1.98. The van der Waals surface area contributed by atoms with Crippen molar-refractivity contribution >= 4 is 49.6 Å². The Bertz CT molecular complexity index is 2740. The first-order valence-corrected chi connectivity index (χ1v) is 17.0. The van der Waals surface area contributed by atoms with E-state index in [1.807, 2.05) is 6.07 Å². The second-order valence-electron chi connectivity index (χ2n) is 12.9. The van der Waals surface area contributed by atoms with Crippen LogP contribution in [0.25, 0.3) is 89.0 Å². The van der Waals surface area contributed by atoms with Crippen LogP contribution in [0.2, 0.25) is 0 Å². The van der Waals surface area contributed by atoms with Gasteiger partial charge in [-0.25, -0.2) is 9.97 Å². The fraction of sp³-hybridized carbons (Fsp3) is 0.0435. The SMILES string of the molecule is C1=Cc2ccc3c(c2CC1)c1ccccc1n3-c1ccc(-c2nc(-c3ccc(-c4cccc5ccccc45)cc3)c3ccccc3n2)cc1. The molecule has 0 unspecified atom stereocenters. The number of hydrogen-bond acceptors (Lipinski definition) is 2. The van der Waals surface area contributed by atoms with E-state index in [1.165, 1.54) is 54.8 Å². The molecule has 1 aliphatic rings. The Morgan fingerprint density at radius 2 is 1.22 bits per heavy atom. The van der Waals surface area contributed by atoms with Gasteiger partial charge in [0.05, 0.1) is 22.2 Å². The summed E-state index contributed by atoms with van der Waals surface area (Å²) in [4.78, 5) is 10.3. The topological polar surface area (TPSA) is 30.7 Å². The molecule has 9 aromatic rings. The van der Waals surface area contributed by atoms with Crippen LogP contribution in [0, 0.1) is 0 Å². The van der Waals surface area contributed by atoms with Crippen molar-refractivity contribution in [3.05, 3.63) is 169 Å². The summed E-state index contributed by atoms with van der Waals surface area (Å²) in [5.74, 6) is 0.724. The molecule has 2 heterocycles. The van der Waals surface area contributed by atoms with E-state index in [2.05, 4.69) is 162 Å². The van der Waals surface area contributed by atoms with Crippen molar-refractivity contribution in [2.75, 3.05) is 0 Å². The number of rotatable bonds is 4. The Balaban J connectivity index is 1.06. The van der Waals surface area contributed by atoms with E-state index >= 15 is 0 Å². The Morgan fingerprint density at radius 3 is 2.10 bits per heavy atom. The smallest absolute Gasteiger partial charge is 0.160 e. The number of aromatic nitrogens is 3. The summed E-state index contributed by atoms with van der Waals surface area (Å²) >= 11 is 0. The molecule has 1 aliphatic carbocycles. The molecule has 49 heavy (non-hydrogen) atoms. The van der Waals surface area contributed by atoms with Crippen LogP contribution in [0.5, 0.6) is 0 Å². The van der Waals surface area contributed by atoms with Crippen LogP contribution < -0.4 is 0 Å². The molecule has 0 radical (unpaired) electrons. The lowest BCUT2D eigenvalue weighted by molar-refractivity contribution is 0.997. The average molecular weight is 626 g/mol. The number of benzene rings is 7. The van der Waals surface area contributed by atoms with Crippen molar-refractivity contribution in [2.45, 2.75) is 12.8 Å². The lowest BCUT2D eigenvalue weighted by atomic mass is 9.93. The van der Waals surface area contributed by atoms with Gasteiger partial charge in [0.15, 0.2) is 5.82 Å². The molecule has 3 nitrogen and oxygen atoms in total. The minimum absolute atomic E-state index is 0.724. The number of para-hydroxylation sites is 2. The molecule has 0 amide bonds. The molecule has 0 spiro atoms. The molecule has 3 heteroatoms. The van der Waals surface area contributed by atoms with Crippen LogP contribution in [-0.4, -0.2) is 14.5 Å². The molecule has 230 valence electrons. The molecular weight excluding hydrogens is 595 g/mol. The van der Waals surface area contributed by atoms with Gasteiger partial charge in [0, 0.05) is 33.0 Å². The van der Waals surface area contributed by atoms with Gasteiger partial charge in [-0.15, -0.1) is 0 Å². The summed E-state index contributed by atoms with van der Waals surface area (Å²) in [5.41, 5.74) is 12.8. The maximum absolute atomic E-state index is 5.21. The van der Waals surface area contributed by atoms with Gasteiger partial charge >= 0.3 is 0 Å². The first-order valence-electron chi connectivity index (χ1n) is 17.0. The molecule has 0 aliphatic heterocycles. The Labute approximate surface area is 284 Å². The third-order valence-corrected chi connectivity index (χ3v) is 10.1. The van der Waals surface area contributed by atoms with Crippen molar-refractivity contribution in [1.82, 2.24) is 14.5 Å². The molecular formula is C46H31N3. The van der Waals surface area contributed by atoms with Crippen LogP contribution in [0.15, 0.2) is 158 Å². The summed E-state index contributed by atoms with van der Waals surface area (Å²) < 4.78 is 2.40. The molecule has 0 N–H and O–H groups in total. The van der Waals surface area contributed by atoms with E-state index in [9.17, 15) is 0 Å². The average Bonchev–Trinajstić information content (AvgIpc) is 3.52. The Kier molecular flexibility index (Phi) is 6.31. The quantitative estimate of drug-likeness (QED) is 0.195. The third-order valence-electron chi connectivity index (χ3n) is 10.1. The standard InChI is InChI=1S/C46H31N3/c1-3-13-36-30(10-1)12-9-17-37(36)32-20-22-33(23-21-32)45-39-15-5-7-18-41(39)47-46(48-45)34-24-27-35(28-25-34)49-42-19-8-6-16-40(42)44-38-14-4-2-11-31(38)26-29-43(44)49/h1-3,5-13,15-29H,4,14H2. The summed E-state index contributed by atoms with van der Waals surface area (Å²) in [6.07, 6.45) is 6.72. The lowest BCUT2D eigenvalue weighted by Gasteiger charge is -2.14. The van der Waals surface area contributed by atoms with Crippen LogP contribution in [-0.2, 0) is 6.42 Å². The number of allylic oxidation sites excluding steroid dienone is 1. The van der Waals surface area contributed by atoms with Gasteiger partial charge in [0.25, 0.3) is 0 Å². The summed E-state index contributed by atoms with van der Waals surface area (Å²) in [6, 6.07) is 54.2. The molecule has 0 bridgehead atoms. The summed E-state index contributed by atoms with van der Waals surface area (Å²) in [5, 5.41) is 6.23. The number of aryl methyl sites for hydroxylation is 1. The van der Waals surface area contributed by atoms with Crippen LogP contribution >= 0.6 is 0 Å².